The summed E-state index contributed by atoms with van der Waals surface area (Å²) in [7, 11) is 0. The van der Waals surface area contributed by atoms with Gasteiger partial charge in [0, 0.05) is 60.0 Å². The molecule has 2 aliphatic heterocycles. The number of nitrogens with zero attached hydrogens (tertiary/aromatic N) is 3. The van der Waals surface area contributed by atoms with Gasteiger partial charge in [-0.1, -0.05) is 11.3 Å². The van der Waals surface area contributed by atoms with Gasteiger partial charge in [0.2, 0.25) is 0 Å². The molecule has 0 aliphatic carbocycles. The Labute approximate surface area is 321 Å². The summed E-state index contributed by atoms with van der Waals surface area (Å²) in [6.07, 6.45) is -9.41. The lowest BCUT2D eigenvalue weighted by atomic mass is 9.89. The summed E-state index contributed by atoms with van der Waals surface area (Å²) in [5, 5.41) is 5.61. The number of carbonyl (C=O) groups excluding carboxylic acids is 3. The lowest BCUT2D eigenvalue weighted by Crippen LogP contribution is -2.58. The first-order valence-corrected chi connectivity index (χ1v) is 19.6. The van der Waals surface area contributed by atoms with Gasteiger partial charge in [0.05, 0.1) is 28.5 Å². The summed E-state index contributed by atoms with van der Waals surface area (Å²) in [5.74, 6) is -5.80. The molecule has 2 saturated heterocycles. The number of rotatable bonds is 12. The van der Waals surface area contributed by atoms with E-state index in [1.165, 1.54) is 11.3 Å². The van der Waals surface area contributed by atoms with E-state index in [9.17, 15) is 45.5 Å². The van der Waals surface area contributed by atoms with Crippen LogP contribution in [0.4, 0.5) is 26.3 Å². The minimum atomic E-state index is -5.35. The molecule has 4 aromatic rings. The molecule has 2 aliphatic rings. The second-order valence-electron chi connectivity index (χ2n) is 13.1. The first kappa shape index (κ1) is 40.8. The van der Waals surface area contributed by atoms with Crippen molar-refractivity contribution in [3.05, 3.63) is 65.3 Å². The van der Waals surface area contributed by atoms with Crippen molar-refractivity contribution < 1.29 is 54.9 Å². The van der Waals surface area contributed by atoms with Crippen molar-refractivity contribution >= 4 is 62.1 Å². The maximum Gasteiger partial charge on any atom is 0.491 e. The fraction of sp³-hybridized carbons (Fsp3) is 0.500. The number of piperidine rings is 1. The second-order valence-corrected chi connectivity index (χ2v) is 16.4. The van der Waals surface area contributed by atoms with Crippen molar-refractivity contribution in [3.8, 4) is 5.75 Å². The van der Waals surface area contributed by atoms with Gasteiger partial charge in [-0.15, -0.1) is 22.7 Å². The molecular weight excluding hydrogens is 801 g/mol. The second kappa shape index (κ2) is 16.7. The van der Waals surface area contributed by atoms with Crippen molar-refractivity contribution in [3.63, 3.8) is 0 Å². The van der Waals surface area contributed by atoms with Gasteiger partial charge in [0.25, 0.3) is 5.91 Å². The van der Waals surface area contributed by atoms with Gasteiger partial charge in [-0.2, -0.15) is 26.3 Å². The van der Waals surface area contributed by atoms with Gasteiger partial charge >= 0.3 is 29.2 Å². The number of halogens is 6. The number of alkyl halides is 6. The van der Waals surface area contributed by atoms with Crippen LogP contribution in [-0.4, -0.2) is 108 Å². The van der Waals surface area contributed by atoms with Gasteiger partial charge in [0.15, 0.2) is 5.75 Å². The van der Waals surface area contributed by atoms with E-state index in [1.807, 2.05) is 24.0 Å². The topological polar surface area (TPSA) is 143 Å². The molecule has 1 atom stereocenters. The standard InChI is InChI=1S/C34H35F6N5O7S3/c1-19-42-23(17-53-19)28(46)45-14-15-50-32(18-45)8-12-44(13-9-32)11-7-21-3-2-20(54-21)6-10-41-16-25(52-30(48)34(38,39)40)22-4-5-24(51-29(47)33(35,36)37)26-27(22)55-31(49)43-26/h2-5,17,25,41H,6-16,18H2,1H3,(H,43,49)/t25-/m0/s1. The number of thiophene rings is 1. The molecule has 0 radical (unpaired) electrons. The van der Waals surface area contributed by atoms with Crippen LogP contribution in [-0.2, 0) is 31.9 Å². The largest absolute Gasteiger partial charge is 0.491 e. The first-order valence-electron chi connectivity index (χ1n) is 17.1. The molecule has 0 saturated carbocycles. The average Bonchev–Trinajstić information content (AvgIpc) is 3.88. The van der Waals surface area contributed by atoms with Crippen molar-refractivity contribution in [1.82, 2.24) is 25.1 Å². The van der Waals surface area contributed by atoms with Crippen LogP contribution < -0.4 is 14.9 Å². The van der Waals surface area contributed by atoms with Gasteiger partial charge in [0.1, 0.15) is 17.3 Å². The van der Waals surface area contributed by atoms with Crippen molar-refractivity contribution in [1.29, 1.82) is 0 Å². The number of benzene rings is 1. The number of esters is 2. The Morgan fingerprint density at radius 3 is 2.38 bits per heavy atom. The SMILES string of the molecule is Cc1nc(C(=O)N2CCOC3(CCN(CCc4ccc(CCNC[C@H](OC(=O)C(F)(F)F)c5ccc(OC(=O)C(F)(F)F)c6[nH]c(=O)sc56)s4)CC3)C2)cs1. The summed E-state index contributed by atoms with van der Waals surface area (Å²) >= 11 is 3.49. The monoisotopic (exact) mass is 835 g/mol. The van der Waals surface area contributed by atoms with E-state index >= 15 is 0 Å². The van der Waals surface area contributed by atoms with E-state index in [0.717, 1.165) is 65.8 Å². The Morgan fingerprint density at radius 1 is 1.00 bits per heavy atom. The zero-order valence-corrected chi connectivity index (χ0v) is 31.6. The van der Waals surface area contributed by atoms with Gasteiger partial charge in [-0.05, 0) is 56.9 Å². The molecule has 21 heteroatoms. The number of thiazole rings is 2. The summed E-state index contributed by atoms with van der Waals surface area (Å²) in [4.78, 5) is 60.6. The van der Waals surface area contributed by atoms with E-state index in [4.69, 9.17) is 9.47 Å². The van der Waals surface area contributed by atoms with E-state index in [2.05, 4.69) is 24.9 Å². The number of H-pyrrole nitrogens is 1. The smallest absolute Gasteiger partial charge is 0.449 e. The highest BCUT2D eigenvalue weighted by atomic mass is 32.1. The highest BCUT2D eigenvalue weighted by Crippen LogP contribution is 2.36. The number of likely N-dealkylation sites (tertiary alicyclic amines) is 1. The minimum Gasteiger partial charge on any atom is -0.449 e. The van der Waals surface area contributed by atoms with Gasteiger partial charge in [-0.3, -0.25) is 9.59 Å². The normalized spacial score (nSPS) is 17.1. The number of carbonyl (C=O) groups is 3. The molecule has 6 rings (SSSR count). The molecule has 55 heavy (non-hydrogen) atoms. The molecule has 5 heterocycles. The molecule has 2 fully saturated rings. The van der Waals surface area contributed by atoms with Crippen LogP contribution in [0, 0.1) is 6.92 Å². The van der Waals surface area contributed by atoms with E-state index in [0.29, 0.717) is 43.1 Å². The number of hydrogen-bond donors (Lipinski definition) is 2. The third-order valence-corrected chi connectivity index (χ3v) is 12.2. The third-order valence-electron chi connectivity index (χ3n) is 9.24. The molecule has 298 valence electrons. The Morgan fingerprint density at radius 2 is 1.71 bits per heavy atom. The third kappa shape index (κ3) is 10.1. The summed E-state index contributed by atoms with van der Waals surface area (Å²) < 4.78 is 93.3. The number of aryl methyl sites for hydroxylation is 1. The molecule has 0 bridgehead atoms. The van der Waals surface area contributed by atoms with Crippen LogP contribution in [0.3, 0.4) is 0 Å². The number of ether oxygens (including phenoxy) is 3. The van der Waals surface area contributed by atoms with Crippen LogP contribution in [0.1, 0.15) is 49.8 Å². The molecule has 12 nitrogen and oxygen atoms in total. The lowest BCUT2D eigenvalue weighted by molar-refractivity contribution is -0.205. The number of nitrogens with one attached hydrogen (secondary N) is 2. The maximum absolute atomic E-state index is 13.2. The Kier molecular flexibility index (Phi) is 12.4. The van der Waals surface area contributed by atoms with Crippen molar-refractivity contribution in [2.75, 3.05) is 52.4 Å². The van der Waals surface area contributed by atoms with Crippen molar-refractivity contribution in [2.45, 2.75) is 56.7 Å². The Hall–Kier alpha value is -3.89. The summed E-state index contributed by atoms with van der Waals surface area (Å²) in [6.45, 7) is 5.85. The Bertz CT molecular complexity index is 2070. The lowest BCUT2D eigenvalue weighted by Gasteiger charge is -2.47. The van der Waals surface area contributed by atoms with Gasteiger partial charge in [-0.25, -0.2) is 14.6 Å². The Balaban J connectivity index is 1.00. The number of hydrogen-bond acceptors (Lipinski definition) is 13. The number of aromatic amines is 1. The molecule has 1 spiro atoms. The number of morpholine rings is 1. The molecule has 1 aromatic carbocycles. The van der Waals surface area contributed by atoms with Crippen LogP contribution in [0.25, 0.3) is 10.2 Å². The number of fused-ring (bicyclic) bond motifs is 1. The average molecular weight is 836 g/mol. The van der Waals surface area contributed by atoms with Gasteiger partial charge < -0.3 is 34.3 Å². The fourth-order valence-corrected chi connectivity index (χ4v) is 8.97. The summed E-state index contributed by atoms with van der Waals surface area (Å²) in [6, 6.07) is 5.89. The zero-order valence-electron chi connectivity index (χ0n) is 29.1. The predicted molar refractivity (Wildman–Crippen MR) is 191 cm³/mol. The molecule has 3 aromatic heterocycles. The van der Waals surface area contributed by atoms with Crippen LogP contribution in [0.15, 0.2) is 34.4 Å². The fourth-order valence-electron chi connectivity index (χ4n) is 6.47. The van der Waals surface area contributed by atoms with Crippen molar-refractivity contribution in [2.24, 2.45) is 0 Å². The summed E-state index contributed by atoms with van der Waals surface area (Å²) in [5.41, 5.74) is -0.368. The zero-order chi connectivity index (χ0) is 39.5. The molecular formula is C34H35F6N5O7S3. The predicted octanol–water partition coefficient (Wildman–Crippen LogP) is 5.41. The quantitative estimate of drug-likeness (QED) is 0.0824. The number of amides is 1. The highest BCUT2D eigenvalue weighted by Gasteiger charge is 2.44. The minimum absolute atomic E-state index is 0.0637. The maximum atomic E-state index is 13.2. The first-order chi connectivity index (χ1) is 26.0. The molecule has 1 amide bonds. The van der Waals surface area contributed by atoms with Crippen LogP contribution >= 0.6 is 34.0 Å². The van der Waals surface area contributed by atoms with Crippen LogP contribution in [0.5, 0.6) is 5.75 Å². The van der Waals surface area contributed by atoms with E-state index in [-0.39, 0.29) is 40.4 Å². The molecule has 2 N–H and O–H groups in total. The van der Waals surface area contributed by atoms with E-state index < -0.39 is 41.0 Å². The molecule has 0 unspecified atom stereocenters. The highest BCUT2D eigenvalue weighted by molar-refractivity contribution is 7.16. The number of aromatic nitrogens is 2. The van der Waals surface area contributed by atoms with E-state index in [1.54, 1.807) is 16.7 Å². The van der Waals surface area contributed by atoms with Crippen LogP contribution in [0.2, 0.25) is 0 Å².